The van der Waals surface area contributed by atoms with E-state index < -0.39 is 0 Å². The number of hydrogen-bond donors (Lipinski definition) is 0. The number of carbonyl (C=O) groups is 1. The molecule has 1 aliphatic rings. The molecule has 0 radical (unpaired) electrons. The van der Waals surface area contributed by atoms with Crippen molar-refractivity contribution in [3.8, 4) is 0 Å². The summed E-state index contributed by atoms with van der Waals surface area (Å²) in [5.74, 6) is 3.37. The number of ketones is 1. The minimum atomic E-state index is 0.270. The van der Waals surface area contributed by atoms with Gasteiger partial charge in [-0.25, -0.2) is 0 Å². The van der Waals surface area contributed by atoms with E-state index in [0.717, 1.165) is 24.5 Å². The molecule has 4 heteroatoms. The van der Waals surface area contributed by atoms with Crippen LogP contribution in [0.3, 0.4) is 0 Å². The lowest BCUT2D eigenvalue weighted by atomic mass is 9.94. The van der Waals surface area contributed by atoms with Gasteiger partial charge >= 0.3 is 0 Å². The first-order valence-corrected chi connectivity index (χ1v) is 10.0. The van der Waals surface area contributed by atoms with Gasteiger partial charge in [0.2, 0.25) is 0 Å². The highest BCUT2D eigenvalue weighted by atomic mass is 16.1. The Morgan fingerprint density at radius 1 is 1.08 bits per heavy atom. The number of aryl methyl sites for hydroxylation is 2. The summed E-state index contributed by atoms with van der Waals surface area (Å²) in [7, 11) is 0. The molecule has 1 aromatic heterocycles. The first-order chi connectivity index (χ1) is 12.5. The summed E-state index contributed by atoms with van der Waals surface area (Å²) in [6.07, 6.45) is 6.44. The number of hydrogen-bond acceptors (Lipinski definition) is 3. The highest BCUT2D eigenvalue weighted by Crippen LogP contribution is 2.37. The van der Waals surface area contributed by atoms with Crippen LogP contribution < -0.4 is 0 Å². The van der Waals surface area contributed by atoms with Crippen molar-refractivity contribution in [2.75, 3.05) is 0 Å². The molecule has 3 rings (SSSR count). The van der Waals surface area contributed by atoms with Crippen molar-refractivity contribution < 1.29 is 4.79 Å². The molecule has 1 atom stereocenters. The molecule has 0 saturated heterocycles. The molecule has 140 valence electrons. The lowest BCUT2D eigenvalue weighted by Gasteiger charge is -2.12. The smallest absolute Gasteiger partial charge is 0.133 e. The average Bonchev–Trinajstić information content (AvgIpc) is 3.39. The molecule has 0 amide bonds. The second kappa shape index (κ2) is 8.61. The summed E-state index contributed by atoms with van der Waals surface area (Å²) in [5, 5.41) is 8.86. The predicted molar refractivity (Wildman–Crippen MR) is 104 cm³/mol. The SMILES string of the molecule is CC(C)CCc1nnc(CCC(=O)C[C@@H](C)c2ccccc2)n1C1CC1. The third-order valence-corrected chi connectivity index (χ3v) is 5.22. The Balaban J connectivity index is 1.56. The monoisotopic (exact) mass is 353 g/mol. The Kier molecular flexibility index (Phi) is 6.23. The van der Waals surface area contributed by atoms with Crippen molar-refractivity contribution in [3.63, 3.8) is 0 Å². The minimum Gasteiger partial charge on any atom is -0.312 e. The van der Waals surface area contributed by atoms with E-state index in [1.807, 2.05) is 18.2 Å². The maximum absolute atomic E-state index is 12.5. The summed E-state index contributed by atoms with van der Waals surface area (Å²) < 4.78 is 2.33. The van der Waals surface area contributed by atoms with E-state index in [2.05, 4.69) is 47.7 Å². The Morgan fingerprint density at radius 3 is 2.35 bits per heavy atom. The van der Waals surface area contributed by atoms with E-state index >= 15 is 0 Å². The van der Waals surface area contributed by atoms with Crippen LogP contribution in [0.5, 0.6) is 0 Å². The van der Waals surface area contributed by atoms with E-state index in [1.165, 1.54) is 18.4 Å². The molecule has 0 N–H and O–H groups in total. The second-order valence-electron chi connectivity index (χ2n) is 8.12. The van der Waals surface area contributed by atoms with Crippen LogP contribution in [0.2, 0.25) is 0 Å². The van der Waals surface area contributed by atoms with Gasteiger partial charge in [-0.05, 0) is 36.7 Å². The van der Waals surface area contributed by atoms with E-state index in [0.29, 0.717) is 37.0 Å². The van der Waals surface area contributed by atoms with E-state index in [1.54, 1.807) is 0 Å². The maximum atomic E-state index is 12.5. The lowest BCUT2D eigenvalue weighted by Crippen LogP contribution is -2.10. The second-order valence-corrected chi connectivity index (χ2v) is 8.12. The summed E-state index contributed by atoms with van der Waals surface area (Å²) in [6, 6.07) is 10.9. The number of carbonyl (C=O) groups excluding carboxylic acids is 1. The Bertz CT molecular complexity index is 716. The van der Waals surface area contributed by atoms with Gasteiger partial charge in [0.05, 0.1) is 0 Å². The molecule has 0 bridgehead atoms. The summed E-state index contributed by atoms with van der Waals surface area (Å²) in [5.41, 5.74) is 1.23. The average molecular weight is 354 g/mol. The molecule has 26 heavy (non-hydrogen) atoms. The van der Waals surface area contributed by atoms with Crippen LogP contribution in [-0.2, 0) is 17.6 Å². The molecule has 0 spiro atoms. The third-order valence-electron chi connectivity index (χ3n) is 5.22. The van der Waals surface area contributed by atoms with Crippen molar-refractivity contribution in [1.29, 1.82) is 0 Å². The van der Waals surface area contributed by atoms with E-state index in [9.17, 15) is 4.79 Å². The summed E-state index contributed by atoms with van der Waals surface area (Å²) >= 11 is 0. The molecule has 4 nitrogen and oxygen atoms in total. The van der Waals surface area contributed by atoms with Crippen LogP contribution >= 0.6 is 0 Å². The van der Waals surface area contributed by atoms with Crippen LogP contribution in [-0.4, -0.2) is 20.5 Å². The van der Waals surface area contributed by atoms with Gasteiger partial charge < -0.3 is 4.57 Å². The number of benzene rings is 1. The number of nitrogens with zero attached hydrogens (tertiary/aromatic N) is 3. The van der Waals surface area contributed by atoms with Crippen LogP contribution in [0.4, 0.5) is 0 Å². The van der Waals surface area contributed by atoms with Crippen LogP contribution in [0, 0.1) is 5.92 Å². The van der Waals surface area contributed by atoms with Gasteiger partial charge in [-0.2, -0.15) is 0 Å². The van der Waals surface area contributed by atoms with Crippen LogP contribution in [0.15, 0.2) is 30.3 Å². The van der Waals surface area contributed by atoms with Gasteiger partial charge in [-0.15, -0.1) is 10.2 Å². The molecule has 0 aliphatic heterocycles. The molecule has 1 saturated carbocycles. The summed E-state index contributed by atoms with van der Waals surface area (Å²) in [6.45, 7) is 6.61. The van der Waals surface area contributed by atoms with Gasteiger partial charge in [-0.3, -0.25) is 4.79 Å². The van der Waals surface area contributed by atoms with Crippen molar-refractivity contribution in [3.05, 3.63) is 47.5 Å². The van der Waals surface area contributed by atoms with Gasteiger partial charge in [0.15, 0.2) is 0 Å². The Labute approximate surface area is 157 Å². The zero-order valence-corrected chi connectivity index (χ0v) is 16.3. The Morgan fingerprint density at radius 2 is 1.73 bits per heavy atom. The molecule has 0 unspecified atom stereocenters. The van der Waals surface area contributed by atoms with Crippen LogP contribution in [0.1, 0.15) is 82.0 Å². The van der Waals surface area contributed by atoms with Crippen molar-refractivity contribution in [2.45, 2.75) is 77.7 Å². The summed E-state index contributed by atoms with van der Waals surface area (Å²) in [4.78, 5) is 12.5. The van der Waals surface area contributed by atoms with Gasteiger partial charge in [-0.1, -0.05) is 51.1 Å². The quantitative estimate of drug-likeness (QED) is 0.610. The molecule has 1 fully saturated rings. The first-order valence-electron chi connectivity index (χ1n) is 10.0. The fourth-order valence-corrected chi connectivity index (χ4v) is 3.47. The highest BCUT2D eigenvalue weighted by molar-refractivity contribution is 5.79. The van der Waals surface area contributed by atoms with Gasteiger partial charge in [0.1, 0.15) is 17.4 Å². The molecule has 1 aliphatic carbocycles. The van der Waals surface area contributed by atoms with Crippen molar-refractivity contribution >= 4 is 5.78 Å². The van der Waals surface area contributed by atoms with Gasteiger partial charge in [0, 0.05) is 31.7 Å². The zero-order chi connectivity index (χ0) is 18.5. The van der Waals surface area contributed by atoms with Crippen molar-refractivity contribution in [2.24, 2.45) is 5.92 Å². The molecule has 2 aromatic rings. The normalized spacial score (nSPS) is 15.4. The number of aromatic nitrogens is 3. The van der Waals surface area contributed by atoms with Gasteiger partial charge in [0.25, 0.3) is 0 Å². The fraction of sp³-hybridized carbons (Fsp3) is 0.591. The molecule has 1 heterocycles. The number of rotatable bonds is 10. The Hall–Kier alpha value is -1.97. The maximum Gasteiger partial charge on any atom is 0.133 e. The topological polar surface area (TPSA) is 47.8 Å². The molecular weight excluding hydrogens is 322 g/mol. The number of Topliss-reactive ketones (excluding diaryl/α,β-unsaturated/α-hetero) is 1. The predicted octanol–water partition coefficient (Wildman–Crippen LogP) is 4.90. The first kappa shape index (κ1) is 18.8. The fourth-order valence-electron chi connectivity index (χ4n) is 3.47. The van der Waals surface area contributed by atoms with E-state index in [4.69, 9.17) is 0 Å². The minimum absolute atomic E-state index is 0.270. The standard InChI is InChI=1S/C22H31N3O/c1-16(2)9-13-21-23-24-22(25(21)19-10-11-19)14-12-20(26)15-17(3)18-7-5-4-6-8-18/h4-8,16-17,19H,9-15H2,1-3H3/t17-/m1/s1. The molecule has 1 aromatic carbocycles. The lowest BCUT2D eigenvalue weighted by molar-refractivity contribution is -0.119. The molecular formula is C22H31N3O. The zero-order valence-electron chi connectivity index (χ0n) is 16.3. The highest BCUT2D eigenvalue weighted by Gasteiger charge is 2.29. The van der Waals surface area contributed by atoms with Crippen molar-refractivity contribution in [1.82, 2.24) is 14.8 Å². The van der Waals surface area contributed by atoms with E-state index in [-0.39, 0.29) is 5.92 Å². The third kappa shape index (κ3) is 5.03. The van der Waals surface area contributed by atoms with Crippen LogP contribution in [0.25, 0.3) is 0 Å². The largest absolute Gasteiger partial charge is 0.312 e.